The van der Waals surface area contributed by atoms with Crippen LogP contribution in [0.5, 0.6) is 0 Å². The molecule has 0 aliphatic carbocycles. The smallest absolute Gasteiger partial charge is 0.224 e. The first kappa shape index (κ1) is 17.5. The van der Waals surface area contributed by atoms with Crippen LogP contribution >= 0.6 is 0 Å². The van der Waals surface area contributed by atoms with Crippen molar-refractivity contribution in [2.24, 2.45) is 0 Å². The summed E-state index contributed by atoms with van der Waals surface area (Å²) in [6.45, 7) is 5.94. The van der Waals surface area contributed by atoms with Crippen molar-refractivity contribution in [3.63, 3.8) is 0 Å². The Labute approximate surface area is 150 Å². The lowest BCUT2D eigenvalue weighted by molar-refractivity contribution is 0.405. The maximum Gasteiger partial charge on any atom is 0.224 e. The molecule has 0 amide bonds. The first-order valence-electron chi connectivity index (χ1n) is 8.99. The Balaban J connectivity index is 1.52. The first-order chi connectivity index (χ1) is 12.2. The van der Waals surface area contributed by atoms with Crippen LogP contribution in [0.3, 0.4) is 0 Å². The average Bonchev–Trinajstić information content (AvgIpc) is 2.66. The van der Waals surface area contributed by atoms with Crippen LogP contribution in [0.1, 0.15) is 6.42 Å². The zero-order valence-electron chi connectivity index (χ0n) is 15.2. The maximum atomic E-state index is 4.68. The fourth-order valence-electron chi connectivity index (χ4n) is 3.04. The zero-order chi connectivity index (χ0) is 17.5. The third-order valence-electron chi connectivity index (χ3n) is 4.43. The summed E-state index contributed by atoms with van der Waals surface area (Å²) in [5.41, 5.74) is 1.30. The van der Waals surface area contributed by atoms with Gasteiger partial charge in [-0.15, -0.1) is 0 Å². The van der Waals surface area contributed by atoms with Crippen molar-refractivity contribution in [3.05, 3.63) is 42.6 Å². The predicted octanol–water partition coefficient (Wildman–Crippen LogP) is 2.17. The van der Waals surface area contributed by atoms with Gasteiger partial charge in [-0.3, -0.25) is 0 Å². The minimum absolute atomic E-state index is 0.724. The molecule has 1 fully saturated rings. The number of aromatic nitrogens is 2. The van der Waals surface area contributed by atoms with E-state index in [-0.39, 0.29) is 0 Å². The van der Waals surface area contributed by atoms with Gasteiger partial charge in [0.05, 0.1) is 0 Å². The Hall–Kier alpha value is -2.34. The van der Waals surface area contributed by atoms with Crippen LogP contribution in [0.25, 0.3) is 0 Å². The second-order valence-electron chi connectivity index (χ2n) is 6.63. The third kappa shape index (κ3) is 5.06. The summed E-state index contributed by atoms with van der Waals surface area (Å²) in [4.78, 5) is 16.0. The van der Waals surface area contributed by atoms with Gasteiger partial charge < -0.3 is 20.0 Å². The van der Waals surface area contributed by atoms with E-state index in [4.69, 9.17) is 0 Å². The average molecular weight is 340 g/mol. The molecule has 1 aromatic heterocycles. The highest BCUT2D eigenvalue weighted by atomic mass is 15.3. The van der Waals surface area contributed by atoms with Gasteiger partial charge in [0.2, 0.25) is 5.95 Å². The Morgan fingerprint density at radius 1 is 1.00 bits per heavy atom. The second-order valence-corrected chi connectivity index (χ2v) is 6.63. The standard InChI is InChI=1S/C19H28N6/c1-23(2)12-6-10-20-19-21-11-9-18(22-19)25-15-13-24(14-16-25)17-7-4-3-5-8-17/h3-5,7-9,11H,6,10,12-16H2,1-2H3,(H,20,21,22). The quantitative estimate of drug-likeness (QED) is 0.780. The van der Waals surface area contributed by atoms with E-state index >= 15 is 0 Å². The Morgan fingerprint density at radius 2 is 1.72 bits per heavy atom. The number of nitrogens with zero attached hydrogens (tertiary/aromatic N) is 5. The number of piperazine rings is 1. The summed E-state index contributed by atoms with van der Waals surface area (Å²) in [6, 6.07) is 12.6. The fraction of sp³-hybridized carbons (Fsp3) is 0.474. The second kappa shape index (κ2) is 8.67. The lowest BCUT2D eigenvalue weighted by Gasteiger charge is -2.36. The molecule has 3 rings (SSSR count). The molecule has 1 aliphatic rings. The van der Waals surface area contributed by atoms with Gasteiger partial charge in [0, 0.05) is 44.6 Å². The van der Waals surface area contributed by atoms with E-state index < -0.39 is 0 Å². The molecule has 0 atom stereocenters. The van der Waals surface area contributed by atoms with Crippen molar-refractivity contribution in [1.82, 2.24) is 14.9 Å². The van der Waals surface area contributed by atoms with Gasteiger partial charge in [0.25, 0.3) is 0 Å². The van der Waals surface area contributed by atoms with Gasteiger partial charge in [0.1, 0.15) is 5.82 Å². The number of nitrogens with one attached hydrogen (secondary N) is 1. The van der Waals surface area contributed by atoms with Crippen LogP contribution in [0.4, 0.5) is 17.5 Å². The molecular weight excluding hydrogens is 312 g/mol. The van der Waals surface area contributed by atoms with E-state index in [9.17, 15) is 0 Å². The van der Waals surface area contributed by atoms with Crippen LogP contribution in [-0.2, 0) is 0 Å². The minimum atomic E-state index is 0.724. The van der Waals surface area contributed by atoms with Gasteiger partial charge >= 0.3 is 0 Å². The summed E-state index contributed by atoms with van der Waals surface area (Å²) in [6.07, 6.45) is 2.93. The molecule has 1 N–H and O–H groups in total. The predicted molar refractivity (Wildman–Crippen MR) is 105 cm³/mol. The van der Waals surface area contributed by atoms with Crippen LogP contribution in [-0.4, -0.2) is 68.2 Å². The number of rotatable bonds is 7. The molecule has 1 aromatic carbocycles. The molecule has 0 bridgehead atoms. The molecule has 6 heteroatoms. The number of hydrogen-bond acceptors (Lipinski definition) is 6. The topological polar surface area (TPSA) is 47.5 Å². The summed E-state index contributed by atoms with van der Waals surface area (Å²) in [5.74, 6) is 1.74. The lowest BCUT2D eigenvalue weighted by atomic mass is 10.2. The van der Waals surface area contributed by atoms with Crippen molar-refractivity contribution in [2.45, 2.75) is 6.42 Å². The Morgan fingerprint density at radius 3 is 2.44 bits per heavy atom. The molecule has 134 valence electrons. The third-order valence-corrected chi connectivity index (χ3v) is 4.43. The molecule has 0 unspecified atom stereocenters. The summed E-state index contributed by atoms with van der Waals surface area (Å²) in [5, 5.41) is 3.33. The molecule has 1 aliphatic heterocycles. The largest absolute Gasteiger partial charge is 0.368 e. The minimum Gasteiger partial charge on any atom is -0.368 e. The van der Waals surface area contributed by atoms with E-state index in [1.54, 1.807) is 0 Å². The molecular formula is C19H28N6. The zero-order valence-corrected chi connectivity index (χ0v) is 15.2. The Kier molecular flexibility index (Phi) is 6.06. The molecule has 2 aromatic rings. The van der Waals surface area contributed by atoms with Gasteiger partial charge in [-0.25, -0.2) is 4.98 Å². The molecule has 0 radical (unpaired) electrons. The van der Waals surface area contributed by atoms with Gasteiger partial charge in [-0.1, -0.05) is 18.2 Å². The van der Waals surface area contributed by atoms with E-state index in [0.717, 1.165) is 57.5 Å². The number of para-hydroxylation sites is 1. The van der Waals surface area contributed by atoms with Crippen molar-refractivity contribution in [1.29, 1.82) is 0 Å². The highest BCUT2D eigenvalue weighted by molar-refractivity contribution is 5.49. The monoisotopic (exact) mass is 340 g/mol. The molecule has 2 heterocycles. The van der Waals surface area contributed by atoms with Crippen LogP contribution in [0, 0.1) is 0 Å². The summed E-state index contributed by atoms with van der Waals surface area (Å²) >= 11 is 0. The lowest BCUT2D eigenvalue weighted by Crippen LogP contribution is -2.46. The normalized spacial score (nSPS) is 14.8. The molecule has 1 saturated heterocycles. The van der Waals surface area contributed by atoms with Crippen LogP contribution in [0.15, 0.2) is 42.6 Å². The molecule has 0 spiro atoms. The first-order valence-corrected chi connectivity index (χ1v) is 8.99. The van der Waals surface area contributed by atoms with E-state index in [1.807, 2.05) is 12.3 Å². The van der Waals surface area contributed by atoms with Crippen molar-refractivity contribution in [3.8, 4) is 0 Å². The van der Waals surface area contributed by atoms with E-state index in [2.05, 4.69) is 74.4 Å². The van der Waals surface area contributed by atoms with E-state index in [1.165, 1.54) is 5.69 Å². The van der Waals surface area contributed by atoms with Gasteiger partial charge in [0.15, 0.2) is 0 Å². The maximum absolute atomic E-state index is 4.68. The molecule has 0 saturated carbocycles. The Bertz CT molecular complexity index is 637. The summed E-state index contributed by atoms with van der Waals surface area (Å²) in [7, 11) is 4.18. The highest BCUT2D eigenvalue weighted by Gasteiger charge is 2.18. The van der Waals surface area contributed by atoms with Crippen molar-refractivity contribution < 1.29 is 0 Å². The van der Waals surface area contributed by atoms with Crippen molar-refractivity contribution in [2.75, 3.05) is 68.5 Å². The van der Waals surface area contributed by atoms with Gasteiger partial charge in [-0.05, 0) is 45.3 Å². The van der Waals surface area contributed by atoms with E-state index in [0.29, 0.717) is 0 Å². The number of hydrogen-bond donors (Lipinski definition) is 1. The van der Waals surface area contributed by atoms with Crippen molar-refractivity contribution >= 4 is 17.5 Å². The SMILES string of the molecule is CN(C)CCCNc1nccc(N2CCN(c3ccccc3)CC2)n1. The number of anilines is 3. The summed E-state index contributed by atoms with van der Waals surface area (Å²) < 4.78 is 0. The molecule has 25 heavy (non-hydrogen) atoms. The molecule has 6 nitrogen and oxygen atoms in total. The fourth-order valence-corrected chi connectivity index (χ4v) is 3.04. The van der Waals surface area contributed by atoms with Crippen LogP contribution < -0.4 is 15.1 Å². The van der Waals surface area contributed by atoms with Gasteiger partial charge in [-0.2, -0.15) is 4.98 Å². The number of benzene rings is 1. The van der Waals surface area contributed by atoms with Crippen LogP contribution in [0.2, 0.25) is 0 Å². The highest BCUT2D eigenvalue weighted by Crippen LogP contribution is 2.19.